The number of ketones is 1. The van der Waals surface area contributed by atoms with E-state index >= 15 is 0 Å². The maximum Gasteiger partial charge on any atom is 0.328 e. The Morgan fingerprint density at radius 2 is 1.91 bits per heavy atom. The van der Waals surface area contributed by atoms with E-state index in [0.717, 1.165) is 18.4 Å². The summed E-state index contributed by atoms with van der Waals surface area (Å²) in [5.74, 6) is 0.0935. The van der Waals surface area contributed by atoms with E-state index in [4.69, 9.17) is 5.73 Å². The number of carbonyl (C=O) groups is 2. The van der Waals surface area contributed by atoms with Crippen LogP contribution in [-0.4, -0.2) is 44.3 Å². The molecule has 10 heteroatoms. The fourth-order valence-corrected chi connectivity index (χ4v) is 3.07. The number of carbonyl (C=O) groups excluding carboxylic acids is 2. The van der Waals surface area contributed by atoms with Crippen LogP contribution in [0.4, 0.5) is 11.8 Å². The molecule has 170 valence electrons. The quantitative estimate of drug-likeness (QED) is 0.353. The van der Waals surface area contributed by atoms with E-state index in [9.17, 15) is 14.4 Å². The Labute approximate surface area is 185 Å². The van der Waals surface area contributed by atoms with Crippen molar-refractivity contribution in [1.82, 2.24) is 24.8 Å². The van der Waals surface area contributed by atoms with Gasteiger partial charge in [-0.2, -0.15) is 9.97 Å². The Morgan fingerprint density at radius 1 is 1.19 bits per heavy atom. The number of H-pyrrole nitrogens is 1. The summed E-state index contributed by atoms with van der Waals surface area (Å²) >= 11 is 0. The molecule has 0 aliphatic carbocycles. The van der Waals surface area contributed by atoms with Crippen LogP contribution in [0.5, 0.6) is 0 Å². The number of hydrogen-bond acceptors (Lipinski definition) is 7. The van der Waals surface area contributed by atoms with Crippen LogP contribution < -0.4 is 22.1 Å². The second-order valence-corrected chi connectivity index (χ2v) is 7.93. The molecule has 0 spiro atoms. The number of rotatable bonds is 10. The van der Waals surface area contributed by atoms with Gasteiger partial charge < -0.3 is 21.4 Å². The average molecular weight is 440 g/mol. The molecule has 2 aromatic heterocycles. The summed E-state index contributed by atoms with van der Waals surface area (Å²) in [6, 6.07) is 6.84. The van der Waals surface area contributed by atoms with E-state index in [0.29, 0.717) is 29.2 Å². The van der Waals surface area contributed by atoms with E-state index in [1.807, 2.05) is 0 Å². The average Bonchev–Trinajstić information content (AvgIpc) is 3.08. The lowest BCUT2D eigenvalue weighted by Crippen LogP contribution is -2.31. The van der Waals surface area contributed by atoms with Crippen molar-refractivity contribution in [2.75, 3.05) is 24.1 Å². The number of aromatic amines is 1. The van der Waals surface area contributed by atoms with Gasteiger partial charge in [-0.15, -0.1) is 0 Å². The summed E-state index contributed by atoms with van der Waals surface area (Å²) in [5.41, 5.74) is 7.71. The van der Waals surface area contributed by atoms with Crippen LogP contribution in [0, 0.1) is 5.92 Å². The predicted octanol–water partition coefficient (Wildman–Crippen LogP) is 1.92. The molecule has 0 saturated carbocycles. The van der Waals surface area contributed by atoms with Crippen molar-refractivity contribution in [3.8, 4) is 0 Å². The summed E-state index contributed by atoms with van der Waals surface area (Å²) in [6.07, 6.45) is 1.99. The van der Waals surface area contributed by atoms with Gasteiger partial charge in [0.15, 0.2) is 17.2 Å². The third-order valence-electron chi connectivity index (χ3n) is 5.09. The molecule has 3 rings (SSSR count). The molecule has 0 saturated heterocycles. The first-order valence-electron chi connectivity index (χ1n) is 10.7. The largest absolute Gasteiger partial charge is 0.382 e. The van der Waals surface area contributed by atoms with E-state index in [1.165, 1.54) is 4.57 Å². The fourth-order valence-electron chi connectivity index (χ4n) is 3.07. The molecule has 1 amide bonds. The first-order valence-corrected chi connectivity index (χ1v) is 10.7. The summed E-state index contributed by atoms with van der Waals surface area (Å²) in [7, 11) is 0. The molecule has 0 aliphatic rings. The van der Waals surface area contributed by atoms with E-state index < -0.39 is 0 Å². The first kappa shape index (κ1) is 23.0. The van der Waals surface area contributed by atoms with Crippen molar-refractivity contribution in [3.63, 3.8) is 0 Å². The molecular weight excluding hydrogens is 410 g/mol. The van der Waals surface area contributed by atoms with E-state index in [-0.39, 0.29) is 42.2 Å². The first-order chi connectivity index (χ1) is 15.3. The number of imidazole rings is 1. The lowest BCUT2D eigenvalue weighted by atomic mass is 10.1. The number of nitrogens with two attached hydrogens (primary N) is 1. The molecular formula is C22H29N7O3. The number of anilines is 2. The molecule has 3 aromatic rings. The number of Topliss-reactive ketones (excluding diaryl/α,β-unsaturated/α-hetero) is 1. The van der Waals surface area contributed by atoms with Crippen LogP contribution in [0.3, 0.4) is 0 Å². The third kappa shape index (κ3) is 5.32. The topological polar surface area (TPSA) is 148 Å². The van der Waals surface area contributed by atoms with Crippen molar-refractivity contribution in [2.45, 2.75) is 40.2 Å². The van der Waals surface area contributed by atoms with Crippen LogP contribution in [0.2, 0.25) is 0 Å². The maximum atomic E-state index is 12.5. The van der Waals surface area contributed by atoms with Crippen molar-refractivity contribution in [1.29, 1.82) is 0 Å². The second-order valence-electron chi connectivity index (χ2n) is 7.93. The Bertz CT molecular complexity index is 1160. The molecule has 2 heterocycles. The molecule has 10 nitrogen and oxygen atoms in total. The van der Waals surface area contributed by atoms with Crippen LogP contribution in [0.1, 0.15) is 49.5 Å². The monoisotopic (exact) mass is 439 g/mol. The van der Waals surface area contributed by atoms with Crippen LogP contribution >= 0.6 is 0 Å². The zero-order valence-electron chi connectivity index (χ0n) is 18.6. The van der Waals surface area contributed by atoms with Gasteiger partial charge in [-0.1, -0.05) is 39.3 Å². The summed E-state index contributed by atoms with van der Waals surface area (Å²) in [5, 5.41) is 5.75. The minimum atomic E-state index is -0.347. The smallest absolute Gasteiger partial charge is 0.328 e. The summed E-state index contributed by atoms with van der Waals surface area (Å²) in [4.78, 5) is 47.8. The SMILES string of the molecule is CCCCNc1nc(N)c2[nH]c(=O)n(Cc3ccc(C(=O)NCC(=O)C(C)C)cc3)c2n1. The molecule has 0 fully saturated rings. The van der Waals surface area contributed by atoms with Crippen LogP contribution in [-0.2, 0) is 11.3 Å². The second kappa shape index (κ2) is 10.1. The predicted molar refractivity (Wildman–Crippen MR) is 124 cm³/mol. The van der Waals surface area contributed by atoms with Gasteiger partial charge in [0.25, 0.3) is 5.91 Å². The lowest BCUT2D eigenvalue weighted by Gasteiger charge is -2.09. The summed E-state index contributed by atoms with van der Waals surface area (Å²) < 4.78 is 1.48. The molecule has 0 atom stereocenters. The lowest BCUT2D eigenvalue weighted by molar-refractivity contribution is -0.120. The van der Waals surface area contributed by atoms with E-state index in [1.54, 1.807) is 38.1 Å². The zero-order chi connectivity index (χ0) is 23.3. The number of amides is 1. The number of hydrogen-bond donors (Lipinski definition) is 4. The number of nitrogen functional groups attached to an aromatic ring is 1. The number of nitrogens with zero attached hydrogens (tertiary/aromatic N) is 3. The molecule has 0 aliphatic heterocycles. The van der Waals surface area contributed by atoms with Crippen molar-refractivity contribution in [3.05, 3.63) is 45.9 Å². The molecule has 0 bridgehead atoms. The molecule has 32 heavy (non-hydrogen) atoms. The van der Waals surface area contributed by atoms with Gasteiger partial charge in [-0.3, -0.25) is 14.2 Å². The van der Waals surface area contributed by atoms with Crippen molar-refractivity contribution < 1.29 is 9.59 Å². The van der Waals surface area contributed by atoms with Gasteiger partial charge in [0.1, 0.15) is 5.52 Å². The number of benzene rings is 1. The molecule has 5 N–H and O–H groups in total. The highest BCUT2D eigenvalue weighted by Crippen LogP contribution is 2.17. The standard InChI is InChI=1S/C22H29N7O3/c1-4-5-10-24-21-27-18(23)17-19(28-21)29(22(32)26-17)12-14-6-8-15(9-7-14)20(31)25-11-16(30)13(2)3/h6-9,13H,4-5,10-12H2,1-3H3,(H,25,31)(H,26,32)(H3,23,24,27,28). The Morgan fingerprint density at radius 3 is 2.56 bits per heavy atom. The highest BCUT2D eigenvalue weighted by molar-refractivity contribution is 5.97. The van der Waals surface area contributed by atoms with Gasteiger partial charge in [0, 0.05) is 18.0 Å². The van der Waals surface area contributed by atoms with Crippen LogP contribution in [0.15, 0.2) is 29.1 Å². The Hall–Kier alpha value is -3.69. The number of aromatic nitrogens is 4. The molecule has 1 aromatic carbocycles. The van der Waals surface area contributed by atoms with Crippen LogP contribution in [0.25, 0.3) is 11.2 Å². The van der Waals surface area contributed by atoms with Gasteiger partial charge >= 0.3 is 5.69 Å². The van der Waals surface area contributed by atoms with Gasteiger partial charge in [0.2, 0.25) is 5.95 Å². The molecule has 0 unspecified atom stereocenters. The highest BCUT2D eigenvalue weighted by atomic mass is 16.2. The van der Waals surface area contributed by atoms with Crippen molar-refractivity contribution >= 4 is 34.6 Å². The minimum absolute atomic E-state index is 0.00125. The van der Waals surface area contributed by atoms with Gasteiger partial charge in [-0.05, 0) is 24.1 Å². The fraction of sp³-hybridized carbons (Fsp3) is 0.409. The highest BCUT2D eigenvalue weighted by Gasteiger charge is 2.15. The number of nitrogens with one attached hydrogen (secondary N) is 3. The summed E-state index contributed by atoms with van der Waals surface area (Å²) in [6.45, 7) is 6.62. The number of unbranched alkanes of at least 4 members (excludes halogenated alkanes) is 1. The van der Waals surface area contributed by atoms with Gasteiger partial charge in [0.05, 0.1) is 13.1 Å². The third-order valence-corrected chi connectivity index (χ3v) is 5.09. The van der Waals surface area contributed by atoms with E-state index in [2.05, 4.69) is 32.5 Å². The zero-order valence-corrected chi connectivity index (χ0v) is 18.6. The van der Waals surface area contributed by atoms with Gasteiger partial charge in [-0.25, -0.2) is 4.79 Å². The molecule has 0 radical (unpaired) electrons. The maximum absolute atomic E-state index is 12.5. The minimum Gasteiger partial charge on any atom is -0.382 e. The normalized spacial score (nSPS) is 11.1. The Kier molecular flexibility index (Phi) is 7.24. The number of fused-ring (bicyclic) bond motifs is 1. The van der Waals surface area contributed by atoms with Crippen molar-refractivity contribution in [2.24, 2.45) is 5.92 Å². The Balaban J connectivity index is 1.77.